The normalized spacial score (nSPS) is 20.9. The zero-order valence-electron chi connectivity index (χ0n) is 24.3. The molecule has 1 aromatic heterocycles. The van der Waals surface area contributed by atoms with E-state index in [9.17, 15) is 27.6 Å². The van der Waals surface area contributed by atoms with Crippen LogP contribution < -0.4 is 0 Å². The molecule has 0 saturated carbocycles. The molecule has 1 aromatic carbocycles. The highest BCUT2D eigenvalue weighted by Crippen LogP contribution is 2.29. The summed E-state index contributed by atoms with van der Waals surface area (Å²) < 4.78 is 52.8. The number of ether oxygens (including phenoxy) is 2. The first-order chi connectivity index (χ1) is 19.6. The molecule has 2 fully saturated rings. The number of benzene rings is 1. The van der Waals surface area contributed by atoms with E-state index < -0.39 is 42.3 Å². The Kier molecular flexibility index (Phi) is 9.65. The molecule has 1 unspecified atom stereocenters. The number of morpholine rings is 1. The average molecular weight is 614 g/mol. The number of rotatable bonds is 6. The number of imidazole rings is 1. The fourth-order valence-corrected chi connectivity index (χ4v) is 5.56. The smallest absolute Gasteiger partial charge is 0.410 e. The van der Waals surface area contributed by atoms with Crippen molar-refractivity contribution in [2.45, 2.75) is 63.7 Å². The standard InChI is InChI=1S/C28H38F3N5O5S/c1-18(42)14-35(25(38)23-32-21-7-5-6-8-22(21)36(23)17-28(29,30)31)20-13-19(24(37)33-9-11-40-12-10-33)15-34(16-20)26(39)41-27(2,3)4/h5-8,18-20,42H,9-17H2,1-4H3/t18?,19-,20+/m1/s1. The van der Waals surface area contributed by atoms with Crippen LogP contribution in [0.1, 0.15) is 44.7 Å². The number of piperidine rings is 1. The quantitative estimate of drug-likeness (QED) is 0.498. The van der Waals surface area contributed by atoms with Gasteiger partial charge >= 0.3 is 12.3 Å². The van der Waals surface area contributed by atoms with Gasteiger partial charge in [-0.05, 0) is 39.3 Å². The summed E-state index contributed by atoms with van der Waals surface area (Å²) in [5.41, 5.74) is -0.370. The number of hydrogen-bond donors (Lipinski definition) is 1. The van der Waals surface area contributed by atoms with Gasteiger partial charge in [-0.1, -0.05) is 19.1 Å². The highest BCUT2D eigenvalue weighted by molar-refractivity contribution is 7.80. The summed E-state index contributed by atoms with van der Waals surface area (Å²) in [6, 6.07) is 5.55. The highest BCUT2D eigenvalue weighted by Gasteiger charge is 2.42. The van der Waals surface area contributed by atoms with Crippen molar-refractivity contribution < 1.29 is 37.0 Å². The van der Waals surface area contributed by atoms with Gasteiger partial charge in [-0.15, -0.1) is 0 Å². The minimum absolute atomic E-state index is 0.0353. The molecule has 10 nitrogen and oxygen atoms in total. The summed E-state index contributed by atoms with van der Waals surface area (Å²) in [7, 11) is 0. The maximum Gasteiger partial charge on any atom is 0.410 e. The molecule has 3 heterocycles. The van der Waals surface area contributed by atoms with E-state index in [1.54, 1.807) is 50.8 Å². The molecule has 2 aliphatic heterocycles. The molecule has 14 heteroatoms. The third-order valence-electron chi connectivity index (χ3n) is 7.10. The molecule has 42 heavy (non-hydrogen) atoms. The van der Waals surface area contributed by atoms with Gasteiger partial charge in [0.1, 0.15) is 12.1 Å². The molecule has 3 atom stereocenters. The lowest BCUT2D eigenvalue weighted by Crippen LogP contribution is -2.59. The Morgan fingerprint density at radius 1 is 1.12 bits per heavy atom. The van der Waals surface area contributed by atoms with Crippen LogP contribution in [-0.4, -0.2) is 111 Å². The minimum atomic E-state index is -4.60. The van der Waals surface area contributed by atoms with Gasteiger partial charge < -0.3 is 28.7 Å². The summed E-state index contributed by atoms with van der Waals surface area (Å²) in [4.78, 5) is 49.7. The van der Waals surface area contributed by atoms with Crippen molar-refractivity contribution >= 4 is 41.6 Å². The lowest BCUT2D eigenvalue weighted by atomic mass is 9.91. The number of amides is 3. The molecule has 0 radical (unpaired) electrons. The Labute approximate surface area is 248 Å². The Hall–Kier alpha value is -3.00. The van der Waals surface area contributed by atoms with Crippen molar-refractivity contribution in [3.8, 4) is 0 Å². The van der Waals surface area contributed by atoms with Gasteiger partial charge in [0.2, 0.25) is 11.7 Å². The monoisotopic (exact) mass is 613 g/mol. The van der Waals surface area contributed by atoms with Crippen molar-refractivity contribution in [2.75, 3.05) is 45.9 Å². The summed E-state index contributed by atoms with van der Waals surface area (Å²) in [5, 5.41) is -0.361. The molecule has 3 amide bonds. The number of aromatic nitrogens is 2. The molecule has 2 aromatic rings. The maximum absolute atomic E-state index is 14.1. The average Bonchev–Trinajstić information content (AvgIpc) is 3.27. The van der Waals surface area contributed by atoms with E-state index in [-0.39, 0.29) is 54.1 Å². The van der Waals surface area contributed by atoms with E-state index >= 15 is 0 Å². The lowest BCUT2D eigenvalue weighted by Gasteiger charge is -2.44. The number of nitrogens with zero attached hydrogens (tertiary/aromatic N) is 5. The Morgan fingerprint density at radius 2 is 1.79 bits per heavy atom. The molecule has 0 N–H and O–H groups in total. The maximum atomic E-state index is 14.1. The van der Waals surface area contributed by atoms with Gasteiger partial charge in [0.15, 0.2) is 0 Å². The second-order valence-corrected chi connectivity index (χ2v) is 12.7. The van der Waals surface area contributed by atoms with Gasteiger partial charge in [-0.2, -0.15) is 25.8 Å². The number of halogens is 3. The summed E-state index contributed by atoms with van der Waals surface area (Å²) in [6.45, 7) is 7.34. The van der Waals surface area contributed by atoms with Gasteiger partial charge in [-0.3, -0.25) is 9.59 Å². The van der Waals surface area contributed by atoms with Crippen LogP contribution in [-0.2, 0) is 20.8 Å². The van der Waals surface area contributed by atoms with Crippen LogP contribution in [0.3, 0.4) is 0 Å². The number of fused-ring (bicyclic) bond motifs is 1. The van der Waals surface area contributed by atoms with Crippen LogP contribution in [0.25, 0.3) is 11.0 Å². The largest absolute Gasteiger partial charge is 0.444 e. The molecule has 0 spiro atoms. The van der Waals surface area contributed by atoms with Crippen LogP contribution in [0.15, 0.2) is 24.3 Å². The molecule has 232 valence electrons. The van der Waals surface area contributed by atoms with Gasteiger partial charge in [0.25, 0.3) is 5.91 Å². The van der Waals surface area contributed by atoms with Gasteiger partial charge in [-0.25, -0.2) is 9.78 Å². The SMILES string of the molecule is CC(S)CN(C(=O)c1nc2ccccc2n1CC(F)(F)F)[C@H]1C[C@@H](C(=O)N2CCOCC2)CN(C(=O)OC(C)(C)C)C1. The predicted molar refractivity (Wildman–Crippen MR) is 152 cm³/mol. The molecule has 2 aliphatic rings. The highest BCUT2D eigenvalue weighted by atomic mass is 32.1. The summed E-state index contributed by atoms with van der Waals surface area (Å²) >= 11 is 4.48. The molecule has 4 rings (SSSR count). The number of thiol groups is 1. The molecule has 0 bridgehead atoms. The first kappa shape index (κ1) is 31.9. The first-order valence-corrected chi connectivity index (χ1v) is 14.5. The van der Waals surface area contributed by atoms with E-state index in [2.05, 4.69) is 17.6 Å². The van der Waals surface area contributed by atoms with E-state index in [0.717, 1.165) is 4.57 Å². The Balaban J connectivity index is 1.72. The van der Waals surface area contributed by atoms with Crippen molar-refractivity contribution in [1.29, 1.82) is 0 Å². The van der Waals surface area contributed by atoms with E-state index in [1.165, 1.54) is 15.9 Å². The predicted octanol–water partition coefficient (Wildman–Crippen LogP) is 3.84. The van der Waals surface area contributed by atoms with E-state index in [1.807, 2.05) is 0 Å². The number of carbonyl (C=O) groups is 3. The minimum Gasteiger partial charge on any atom is -0.444 e. The molecule has 2 saturated heterocycles. The van der Waals surface area contributed by atoms with Crippen LogP contribution in [0.2, 0.25) is 0 Å². The Morgan fingerprint density at radius 3 is 2.40 bits per heavy atom. The second kappa shape index (κ2) is 12.7. The third kappa shape index (κ3) is 7.88. The van der Waals surface area contributed by atoms with Gasteiger partial charge in [0.05, 0.1) is 36.2 Å². The number of carbonyl (C=O) groups excluding carboxylic acids is 3. The summed E-state index contributed by atoms with van der Waals surface area (Å²) in [6.07, 6.45) is -5.03. The number of hydrogen-bond acceptors (Lipinski definition) is 7. The molecular weight excluding hydrogens is 575 g/mol. The van der Waals surface area contributed by atoms with Crippen LogP contribution in [0.5, 0.6) is 0 Å². The number of alkyl halides is 3. The third-order valence-corrected chi connectivity index (χ3v) is 7.26. The summed E-state index contributed by atoms with van der Waals surface area (Å²) in [5.74, 6) is -1.93. The second-order valence-electron chi connectivity index (χ2n) is 11.8. The number of para-hydroxylation sites is 2. The van der Waals surface area contributed by atoms with Crippen LogP contribution in [0.4, 0.5) is 18.0 Å². The zero-order valence-corrected chi connectivity index (χ0v) is 25.2. The van der Waals surface area contributed by atoms with Crippen molar-refractivity contribution in [1.82, 2.24) is 24.3 Å². The van der Waals surface area contributed by atoms with E-state index in [4.69, 9.17) is 9.47 Å². The van der Waals surface area contributed by atoms with Crippen molar-refractivity contribution in [3.63, 3.8) is 0 Å². The Bertz CT molecular complexity index is 1290. The molecular formula is C28H38F3N5O5S. The van der Waals surface area contributed by atoms with Crippen LogP contribution in [0, 0.1) is 5.92 Å². The zero-order chi connectivity index (χ0) is 30.8. The first-order valence-electron chi connectivity index (χ1n) is 14.0. The van der Waals surface area contributed by atoms with Gasteiger partial charge in [0, 0.05) is 38.0 Å². The topological polar surface area (TPSA) is 97.2 Å². The van der Waals surface area contributed by atoms with Crippen molar-refractivity contribution in [3.05, 3.63) is 30.1 Å². The number of likely N-dealkylation sites (tertiary alicyclic amines) is 1. The fraction of sp³-hybridized carbons (Fsp3) is 0.643. The molecule has 0 aliphatic carbocycles. The van der Waals surface area contributed by atoms with Crippen LogP contribution >= 0.6 is 12.6 Å². The van der Waals surface area contributed by atoms with Crippen molar-refractivity contribution in [2.24, 2.45) is 5.92 Å². The lowest BCUT2D eigenvalue weighted by molar-refractivity contribution is -0.142. The fourth-order valence-electron chi connectivity index (χ4n) is 5.38. The van der Waals surface area contributed by atoms with E-state index in [0.29, 0.717) is 26.3 Å².